The number of nitriles is 1. The van der Waals surface area contributed by atoms with Crippen molar-refractivity contribution in [2.24, 2.45) is 0 Å². The van der Waals surface area contributed by atoms with Crippen LogP contribution in [0.25, 0.3) is 0 Å². The lowest BCUT2D eigenvalue weighted by molar-refractivity contribution is 0.312. The number of aromatic hydroxyl groups is 1. The van der Waals surface area contributed by atoms with Crippen molar-refractivity contribution >= 4 is 11.6 Å². The van der Waals surface area contributed by atoms with E-state index in [-0.39, 0.29) is 10.8 Å². The van der Waals surface area contributed by atoms with Gasteiger partial charge < -0.3 is 5.11 Å². The highest BCUT2D eigenvalue weighted by Gasteiger charge is 2.41. The molecule has 4 heteroatoms. The number of rotatable bonds is 1. The molecule has 1 aromatic rings. The van der Waals surface area contributed by atoms with E-state index in [2.05, 4.69) is 6.07 Å². The molecule has 0 aliphatic heterocycles. The van der Waals surface area contributed by atoms with Gasteiger partial charge in [-0.05, 0) is 25.3 Å². The molecule has 0 saturated heterocycles. The zero-order chi connectivity index (χ0) is 11.1. The molecular weight excluding hydrogens is 217 g/mol. The highest BCUT2D eigenvalue weighted by Crippen LogP contribution is 2.45. The molecule has 0 radical (unpaired) electrons. The molecule has 1 aliphatic rings. The summed E-state index contributed by atoms with van der Waals surface area (Å²) >= 11 is 5.70. The van der Waals surface area contributed by atoms with Gasteiger partial charge in [0.2, 0.25) is 0 Å². The first kappa shape index (κ1) is 10.3. The van der Waals surface area contributed by atoms with Crippen LogP contribution in [-0.2, 0) is 5.41 Å². The number of hydrogen-bond acceptors (Lipinski definition) is 2. The van der Waals surface area contributed by atoms with E-state index in [1.54, 1.807) is 0 Å². The fourth-order valence-corrected chi connectivity index (χ4v) is 2.04. The van der Waals surface area contributed by atoms with Crippen molar-refractivity contribution in [3.8, 4) is 11.8 Å². The average Bonchev–Trinajstić information content (AvgIpc) is 2.12. The van der Waals surface area contributed by atoms with Crippen LogP contribution in [0.5, 0.6) is 5.75 Å². The number of phenols is 1. The molecule has 1 N–H and O–H groups in total. The SMILES string of the molecule is N#CC1(c2cc(Cl)c(O)cc2F)CCC1. The predicted molar refractivity (Wildman–Crippen MR) is 54.2 cm³/mol. The van der Waals surface area contributed by atoms with Gasteiger partial charge in [-0.25, -0.2) is 4.39 Å². The second-order valence-electron chi connectivity index (χ2n) is 3.83. The van der Waals surface area contributed by atoms with Crippen LogP contribution in [0.15, 0.2) is 12.1 Å². The Labute approximate surface area is 91.9 Å². The van der Waals surface area contributed by atoms with Crippen LogP contribution in [-0.4, -0.2) is 5.11 Å². The zero-order valence-corrected chi connectivity index (χ0v) is 8.68. The summed E-state index contributed by atoms with van der Waals surface area (Å²) in [5, 5.41) is 18.3. The van der Waals surface area contributed by atoms with Crippen LogP contribution in [0.1, 0.15) is 24.8 Å². The van der Waals surface area contributed by atoms with E-state index in [1.807, 2.05) is 0 Å². The molecule has 0 atom stereocenters. The van der Waals surface area contributed by atoms with Gasteiger partial charge in [0.1, 0.15) is 11.6 Å². The summed E-state index contributed by atoms with van der Waals surface area (Å²) < 4.78 is 13.6. The molecular formula is C11H9ClFNO. The minimum atomic E-state index is -0.735. The maximum absolute atomic E-state index is 13.6. The normalized spacial score (nSPS) is 17.9. The van der Waals surface area contributed by atoms with Gasteiger partial charge in [-0.15, -0.1) is 0 Å². The van der Waals surface area contributed by atoms with Crippen molar-refractivity contribution in [3.05, 3.63) is 28.5 Å². The third-order valence-corrected chi connectivity index (χ3v) is 3.28. The fourth-order valence-electron chi connectivity index (χ4n) is 1.87. The molecule has 2 rings (SSSR count). The first-order chi connectivity index (χ1) is 7.09. The van der Waals surface area contributed by atoms with E-state index in [9.17, 15) is 9.50 Å². The Hall–Kier alpha value is -1.27. The monoisotopic (exact) mass is 225 g/mol. The lowest BCUT2D eigenvalue weighted by Crippen LogP contribution is -2.33. The third-order valence-electron chi connectivity index (χ3n) is 2.97. The molecule has 1 aliphatic carbocycles. The molecule has 0 heterocycles. The highest BCUT2D eigenvalue weighted by molar-refractivity contribution is 6.32. The first-order valence-electron chi connectivity index (χ1n) is 4.69. The molecule has 0 bridgehead atoms. The molecule has 1 aromatic carbocycles. The molecule has 0 amide bonds. The third kappa shape index (κ3) is 1.46. The zero-order valence-electron chi connectivity index (χ0n) is 7.93. The van der Waals surface area contributed by atoms with Gasteiger partial charge in [-0.3, -0.25) is 0 Å². The maximum Gasteiger partial charge on any atom is 0.137 e. The van der Waals surface area contributed by atoms with E-state index >= 15 is 0 Å². The molecule has 78 valence electrons. The minimum Gasteiger partial charge on any atom is -0.506 e. The summed E-state index contributed by atoms with van der Waals surface area (Å²) in [5.41, 5.74) is -0.430. The highest BCUT2D eigenvalue weighted by atomic mass is 35.5. The van der Waals surface area contributed by atoms with E-state index in [4.69, 9.17) is 16.9 Å². The summed E-state index contributed by atoms with van der Waals surface area (Å²) in [4.78, 5) is 0. The number of hydrogen-bond donors (Lipinski definition) is 1. The summed E-state index contributed by atoms with van der Waals surface area (Å²) in [6.07, 6.45) is 2.23. The Bertz CT molecular complexity index is 449. The van der Waals surface area contributed by atoms with Crippen molar-refractivity contribution in [1.29, 1.82) is 5.26 Å². The maximum atomic E-state index is 13.6. The van der Waals surface area contributed by atoms with Crippen LogP contribution in [0.2, 0.25) is 5.02 Å². The van der Waals surface area contributed by atoms with E-state index in [0.717, 1.165) is 12.5 Å². The van der Waals surface area contributed by atoms with Crippen molar-refractivity contribution in [3.63, 3.8) is 0 Å². The molecule has 15 heavy (non-hydrogen) atoms. The Morgan fingerprint density at radius 1 is 1.47 bits per heavy atom. The summed E-state index contributed by atoms with van der Waals surface area (Å²) in [6, 6.07) is 4.46. The fraction of sp³-hybridized carbons (Fsp3) is 0.364. The Morgan fingerprint density at radius 3 is 2.60 bits per heavy atom. The van der Waals surface area contributed by atoms with E-state index < -0.39 is 11.2 Å². The quantitative estimate of drug-likeness (QED) is 0.798. The topological polar surface area (TPSA) is 44.0 Å². The number of halogens is 2. The van der Waals surface area contributed by atoms with Crippen LogP contribution in [0.4, 0.5) is 4.39 Å². The van der Waals surface area contributed by atoms with Gasteiger partial charge >= 0.3 is 0 Å². The minimum absolute atomic E-state index is 0.0907. The van der Waals surface area contributed by atoms with E-state index in [1.165, 1.54) is 6.07 Å². The second-order valence-corrected chi connectivity index (χ2v) is 4.24. The van der Waals surface area contributed by atoms with Crippen molar-refractivity contribution in [2.75, 3.05) is 0 Å². The van der Waals surface area contributed by atoms with Crippen molar-refractivity contribution < 1.29 is 9.50 Å². The molecule has 2 nitrogen and oxygen atoms in total. The Kier molecular flexibility index (Phi) is 2.32. The van der Waals surface area contributed by atoms with Crippen LogP contribution in [0.3, 0.4) is 0 Å². The molecule has 1 fully saturated rings. The van der Waals surface area contributed by atoms with Gasteiger partial charge in [-0.2, -0.15) is 5.26 Å². The molecule has 0 unspecified atom stereocenters. The molecule has 1 saturated carbocycles. The summed E-state index contributed by atoms with van der Waals surface area (Å²) in [6.45, 7) is 0. The molecule has 0 spiro atoms. The lowest BCUT2D eigenvalue weighted by atomic mass is 9.65. The van der Waals surface area contributed by atoms with Gasteiger partial charge in [0.15, 0.2) is 0 Å². The van der Waals surface area contributed by atoms with E-state index in [0.29, 0.717) is 18.4 Å². The standard InChI is InChI=1S/C11H9ClFNO/c12-8-4-7(9(13)5-10(8)15)11(6-14)2-1-3-11/h4-5,15H,1-3H2. The summed E-state index contributed by atoms with van der Waals surface area (Å²) in [5.74, 6) is -0.844. The molecule has 0 aromatic heterocycles. The lowest BCUT2D eigenvalue weighted by Gasteiger charge is -2.35. The van der Waals surface area contributed by atoms with Crippen LogP contribution in [0, 0.1) is 17.1 Å². The van der Waals surface area contributed by atoms with Gasteiger partial charge in [0, 0.05) is 11.6 Å². The van der Waals surface area contributed by atoms with Gasteiger partial charge in [0.25, 0.3) is 0 Å². The number of phenolic OH excluding ortho intramolecular Hbond substituents is 1. The largest absolute Gasteiger partial charge is 0.506 e. The number of nitrogens with zero attached hydrogens (tertiary/aromatic N) is 1. The summed E-state index contributed by atoms with van der Waals surface area (Å²) in [7, 11) is 0. The number of benzene rings is 1. The Balaban J connectivity index is 2.54. The van der Waals surface area contributed by atoms with Crippen LogP contribution < -0.4 is 0 Å². The predicted octanol–water partition coefficient (Wildman–Crippen LogP) is 3.13. The smallest absolute Gasteiger partial charge is 0.137 e. The first-order valence-corrected chi connectivity index (χ1v) is 5.06. The van der Waals surface area contributed by atoms with Crippen molar-refractivity contribution in [1.82, 2.24) is 0 Å². The van der Waals surface area contributed by atoms with Gasteiger partial charge in [0.05, 0.1) is 16.5 Å². The average molecular weight is 226 g/mol. The van der Waals surface area contributed by atoms with Gasteiger partial charge in [-0.1, -0.05) is 11.6 Å². The Morgan fingerprint density at radius 2 is 2.13 bits per heavy atom. The second kappa shape index (κ2) is 3.39. The van der Waals surface area contributed by atoms with Crippen molar-refractivity contribution in [2.45, 2.75) is 24.7 Å². The van der Waals surface area contributed by atoms with Crippen LogP contribution >= 0.6 is 11.6 Å².